The Labute approximate surface area is 138 Å². The molecule has 0 bridgehead atoms. The number of amides is 2. The van der Waals surface area contributed by atoms with Crippen LogP contribution in [-0.4, -0.2) is 36.5 Å². The highest BCUT2D eigenvalue weighted by molar-refractivity contribution is 7.98. The average molecular weight is 346 g/mol. The molecule has 0 saturated carbocycles. The number of carbonyl (C=O) groups excluding carboxylic acids is 2. The molecule has 0 aliphatic heterocycles. The molecule has 0 aliphatic rings. The number of halogens is 2. The molecule has 0 saturated heterocycles. The third-order valence-electron chi connectivity index (χ3n) is 2.93. The maximum Gasteiger partial charge on any atom is 0.387 e. The summed E-state index contributed by atoms with van der Waals surface area (Å²) in [6.45, 7) is -1.18. The molecule has 1 aromatic rings. The van der Waals surface area contributed by atoms with Crippen LogP contribution in [-0.2, 0) is 9.59 Å². The van der Waals surface area contributed by atoms with Gasteiger partial charge in [-0.25, -0.2) is 0 Å². The molecule has 0 radical (unpaired) electrons. The summed E-state index contributed by atoms with van der Waals surface area (Å²) in [6.07, 6.45) is 2.71. The van der Waals surface area contributed by atoms with E-state index in [1.54, 1.807) is 18.7 Å². The van der Waals surface area contributed by atoms with Gasteiger partial charge in [-0.2, -0.15) is 20.5 Å². The Hall–Kier alpha value is -1.83. The number of carbonyl (C=O) groups is 2. The molecule has 8 heteroatoms. The van der Waals surface area contributed by atoms with Crippen molar-refractivity contribution in [3.8, 4) is 5.75 Å². The first-order valence-corrected chi connectivity index (χ1v) is 8.49. The van der Waals surface area contributed by atoms with Gasteiger partial charge in [0.1, 0.15) is 11.8 Å². The highest BCUT2D eigenvalue weighted by atomic mass is 32.2. The summed E-state index contributed by atoms with van der Waals surface area (Å²) >= 11 is 1.58. The van der Waals surface area contributed by atoms with Crippen LogP contribution in [0.25, 0.3) is 0 Å². The fraction of sp³-hybridized carbons (Fsp3) is 0.467. The quantitative estimate of drug-likeness (QED) is 0.721. The second-order valence-electron chi connectivity index (χ2n) is 4.65. The second kappa shape index (κ2) is 10.0. The van der Waals surface area contributed by atoms with Crippen molar-refractivity contribution in [2.24, 2.45) is 0 Å². The molecular formula is C15H20F2N2O3S. The Morgan fingerprint density at radius 2 is 1.91 bits per heavy atom. The Kier molecular flexibility index (Phi) is 8.39. The number of anilines is 1. The van der Waals surface area contributed by atoms with Crippen molar-refractivity contribution < 1.29 is 23.1 Å². The number of ether oxygens (including phenoxy) is 1. The lowest BCUT2D eigenvalue weighted by molar-refractivity contribution is -0.126. The van der Waals surface area contributed by atoms with Crippen molar-refractivity contribution in [3.05, 3.63) is 24.3 Å². The number of alkyl halides is 2. The lowest BCUT2D eigenvalue weighted by Gasteiger charge is -2.18. The van der Waals surface area contributed by atoms with Gasteiger partial charge in [0.05, 0.1) is 0 Å². The van der Waals surface area contributed by atoms with Crippen LogP contribution in [0.4, 0.5) is 14.5 Å². The molecule has 0 aromatic heterocycles. The molecular weight excluding hydrogens is 326 g/mol. The Balaban J connectivity index is 2.67. The third kappa shape index (κ3) is 7.32. The maximum atomic E-state index is 12.2. The van der Waals surface area contributed by atoms with Crippen LogP contribution in [0.5, 0.6) is 5.75 Å². The number of benzene rings is 1. The van der Waals surface area contributed by atoms with Crippen LogP contribution < -0.4 is 15.4 Å². The zero-order valence-electron chi connectivity index (χ0n) is 13.0. The first-order chi connectivity index (χ1) is 11.0. The Bertz CT molecular complexity index is 512. The molecule has 2 amide bonds. The molecule has 0 heterocycles. The van der Waals surface area contributed by atoms with Gasteiger partial charge in [-0.1, -0.05) is 6.92 Å². The number of hydrogen-bond acceptors (Lipinski definition) is 4. The van der Waals surface area contributed by atoms with Crippen molar-refractivity contribution in [3.63, 3.8) is 0 Å². The predicted molar refractivity (Wildman–Crippen MR) is 86.9 cm³/mol. The van der Waals surface area contributed by atoms with Gasteiger partial charge < -0.3 is 15.4 Å². The van der Waals surface area contributed by atoms with Crippen molar-refractivity contribution in [1.82, 2.24) is 5.32 Å². The van der Waals surface area contributed by atoms with E-state index in [0.717, 1.165) is 5.75 Å². The number of rotatable bonds is 9. The molecule has 0 unspecified atom stereocenters. The summed E-state index contributed by atoms with van der Waals surface area (Å²) in [4.78, 5) is 23.8. The maximum absolute atomic E-state index is 12.2. The molecule has 1 rings (SSSR count). The highest BCUT2D eigenvalue weighted by Gasteiger charge is 2.19. The lowest BCUT2D eigenvalue weighted by Crippen LogP contribution is -2.43. The fourth-order valence-electron chi connectivity index (χ4n) is 1.75. The molecule has 2 N–H and O–H groups in total. The van der Waals surface area contributed by atoms with E-state index >= 15 is 0 Å². The standard InChI is InChI=1S/C15H20F2N2O3S/c1-3-13(20)19-12(8-9-23-2)14(21)18-10-4-6-11(7-5-10)22-15(16)17/h4-7,12,15H,3,8-9H2,1-2H3,(H,18,21)(H,19,20)/t12-/m0/s1. The van der Waals surface area contributed by atoms with Crippen molar-refractivity contribution in [2.75, 3.05) is 17.3 Å². The summed E-state index contributed by atoms with van der Waals surface area (Å²) in [7, 11) is 0. The summed E-state index contributed by atoms with van der Waals surface area (Å²) in [5.41, 5.74) is 0.441. The number of nitrogens with one attached hydrogen (secondary N) is 2. The van der Waals surface area contributed by atoms with E-state index in [1.165, 1.54) is 24.3 Å². The Morgan fingerprint density at radius 3 is 2.43 bits per heavy atom. The fourth-order valence-corrected chi connectivity index (χ4v) is 2.22. The SMILES string of the molecule is CCC(=O)N[C@@H](CCSC)C(=O)Nc1ccc(OC(F)F)cc1. The summed E-state index contributed by atoms with van der Waals surface area (Å²) in [5, 5.41) is 5.33. The molecule has 1 aromatic carbocycles. The van der Waals surface area contributed by atoms with Crippen LogP contribution >= 0.6 is 11.8 Å². The van der Waals surface area contributed by atoms with Crippen LogP contribution in [0.1, 0.15) is 19.8 Å². The van der Waals surface area contributed by atoms with Gasteiger partial charge in [0.25, 0.3) is 0 Å². The third-order valence-corrected chi connectivity index (χ3v) is 3.57. The van der Waals surface area contributed by atoms with Gasteiger partial charge >= 0.3 is 6.61 Å². The van der Waals surface area contributed by atoms with Gasteiger partial charge in [-0.3, -0.25) is 9.59 Å². The average Bonchev–Trinajstić information content (AvgIpc) is 2.52. The normalized spacial score (nSPS) is 11.9. The minimum Gasteiger partial charge on any atom is -0.435 e. The van der Waals surface area contributed by atoms with Crippen molar-refractivity contribution in [2.45, 2.75) is 32.4 Å². The first-order valence-electron chi connectivity index (χ1n) is 7.10. The van der Waals surface area contributed by atoms with E-state index in [2.05, 4.69) is 15.4 Å². The molecule has 5 nitrogen and oxygen atoms in total. The number of hydrogen-bond donors (Lipinski definition) is 2. The minimum atomic E-state index is -2.89. The van der Waals surface area contributed by atoms with E-state index in [0.29, 0.717) is 18.5 Å². The largest absolute Gasteiger partial charge is 0.435 e. The zero-order valence-corrected chi connectivity index (χ0v) is 13.8. The van der Waals surface area contributed by atoms with Crippen LogP contribution in [0, 0.1) is 0 Å². The molecule has 0 aliphatic carbocycles. The van der Waals surface area contributed by atoms with Crippen molar-refractivity contribution >= 4 is 29.3 Å². The van der Waals surface area contributed by atoms with Crippen LogP contribution in [0.2, 0.25) is 0 Å². The van der Waals surface area contributed by atoms with E-state index < -0.39 is 12.7 Å². The van der Waals surface area contributed by atoms with Gasteiger partial charge in [0, 0.05) is 12.1 Å². The van der Waals surface area contributed by atoms with Gasteiger partial charge in [0.15, 0.2) is 0 Å². The molecule has 128 valence electrons. The zero-order chi connectivity index (χ0) is 17.2. The van der Waals surface area contributed by atoms with Crippen LogP contribution in [0.3, 0.4) is 0 Å². The number of thioether (sulfide) groups is 1. The minimum absolute atomic E-state index is 0.0104. The first kappa shape index (κ1) is 19.2. The van der Waals surface area contributed by atoms with Crippen LogP contribution in [0.15, 0.2) is 24.3 Å². The summed E-state index contributed by atoms with van der Waals surface area (Å²) in [5.74, 6) is 0.190. The van der Waals surface area contributed by atoms with Gasteiger partial charge in [0.2, 0.25) is 11.8 Å². The lowest BCUT2D eigenvalue weighted by atomic mass is 10.2. The Morgan fingerprint density at radius 1 is 1.26 bits per heavy atom. The molecule has 1 atom stereocenters. The highest BCUT2D eigenvalue weighted by Crippen LogP contribution is 2.18. The van der Waals surface area contributed by atoms with E-state index in [9.17, 15) is 18.4 Å². The molecule has 23 heavy (non-hydrogen) atoms. The second-order valence-corrected chi connectivity index (χ2v) is 5.63. The molecule has 0 spiro atoms. The van der Waals surface area contributed by atoms with E-state index in [-0.39, 0.29) is 17.6 Å². The summed E-state index contributed by atoms with van der Waals surface area (Å²) in [6, 6.07) is 4.96. The van der Waals surface area contributed by atoms with E-state index in [1.807, 2.05) is 6.26 Å². The monoisotopic (exact) mass is 346 g/mol. The topological polar surface area (TPSA) is 67.4 Å². The van der Waals surface area contributed by atoms with E-state index in [4.69, 9.17) is 0 Å². The summed E-state index contributed by atoms with van der Waals surface area (Å²) < 4.78 is 28.4. The van der Waals surface area contributed by atoms with Crippen molar-refractivity contribution in [1.29, 1.82) is 0 Å². The molecule has 0 fully saturated rings. The van der Waals surface area contributed by atoms with Gasteiger partial charge in [-0.15, -0.1) is 0 Å². The smallest absolute Gasteiger partial charge is 0.387 e. The van der Waals surface area contributed by atoms with Gasteiger partial charge in [-0.05, 0) is 42.7 Å². The predicted octanol–water partition coefficient (Wildman–Crippen LogP) is 2.87.